The van der Waals surface area contributed by atoms with Gasteiger partial charge in [0.1, 0.15) is 23.6 Å². The first-order valence-corrected chi connectivity index (χ1v) is 13.3. The molecule has 0 saturated carbocycles. The van der Waals surface area contributed by atoms with Gasteiger partial charge in [-0.2, -0.15) is 0 Å². The maximum atomic E-state index is 13.0. The lowest BCUT2D eigenvalue weighted by Gasteiger charge is -2.34. The molecule has 38 heavy (non-hydrogen) atoms. The van der Waals surface area contributed by atoms with Crippen molar-refractivity contribution in [3.05, 3.63) is 76.2 Å². The van der Waals surface area contributed by atoms with Crippen LogP contribution < -0.4 is 15.8 Å². The number of hydrogen-bond donors (Lipinski definition) is 4. The Hall–Kier alpha value is -3.35. The average molecular weight is 537 g/mol. The molecule has 1 aliphatic heterocycles. The molecule has 1 saturated heterocycles. The predicted molar refractivity (Wildman–Crippen MR) is 151 cm³/mol. The van der Waals surface area contributed by atoms with Crippen LogP contribution in [-0.4, -0.2) is 70.3 Å². The molecule has 4 N–H and O–H groups in total. The zero-order valence-electron chi connectivity index (χ0n) is 21.4. The van der Waals surface area contributed by atoms with E-state index in [2.05, 4.69) is 41.5 Å². The second-order valence-electron chi connectivity index (χ2n) is 9.28. The first kappa shape index (κ1) is 26.3. The number of benzene rings is 2. The second-order valence-corrected chi connectivity index (χ2v) is 10.1. The summed E-state index contributed by atoms with van der Waals surface area (Å²) in [4.78, 5) is 31.0. The van der Waals surface area contributed by atoms with Crippen LogP contribution in [0.4, 0.5) is 11.4 Å². The van der Waals surface area contributed by atoms with E-state index in [0.717, 1.165) is 54.0 Å². The molecule has 3 heterocycles. The lowest BCUT2D eigenvalue weighted by molar-refractivity contribution is -0.163. The highest BCUT2D eigenvalue weighted by molar-refractivity contribution is 7.92. The number of aliphatic hydroxyl groups excluding tert-OH is 1. The van der Waals surface area contributed by atoms with Crippen LogP contribution in [0.3, 0.4) is 0 Å². The SMILES string of the molecule is COOSN1CCN(c2cc(C)c3nc(-c4c(NC(CO)Cc5ccccc5)cc[nH]c4=O)[nH]c3c2)CC1. The highest BCUT2D eigenvalue weighted by atomic mass is 32.2. The standard InChI is InChI=1S/C27H32N6O4S/c1-18-14-21(32-10-12-33(13-11-32)38-37-36-2)16-23-25(18)31-26(30-23)24-22(8-9-28-27(24)35)29-20(17-34)15-19-6-4-3-5-7-19/h3-9,14,16,20,34H,10-13,15,17H2,1-2H3,(H,30,31)(H2,28,29,35). The van der Waals surface area contributed by atoms with E-state index in [4.69, 9.17) is 9.32 Å². The number of aryl methyl sites for hydroxylation is 1. The van der Waals surface area contributed by atoms with Crippen molar-refractivity contribution in [1.82, 2.24) is 19.3 Å². The van der Waals surface area contributed by atoms with E-state index in [-0.39, 0.29) is 18.2 Å². The zero-order chi connectivity index (χ0) is 26.5. The molecular weight excluding hydrogens is 504 g/mol. The van der Waals surface area contributed by atoms with Crippen LogP contribution in [0.25, 0.3) is 22.4 Å². The van der Waals surface area contributed by atoms with Gasteiger partial charge in [0.2, 0.25) is 0 Å². The Balaban J connectivity index is 1.40. The first-order chi connectivity index (χ1) is 18.6. The van der Waals surface area contributed by atoms with Gasteiger partial charge in [0.25, 0.3) is 5.56 Å². The number of rotatable bonds is 10. The Kier molecular flexibility index (Phi) is 8.30. The van der Waals surface area contributed by atoms with Crippen LogP contribution in [0.15, 0.2) is 59.5 Å². The van der Waals surface area contributed by atoms with Crippen LogP contribution in [0.1, 0.15) is 11.1 Å². The quantitative estimate of drug-likeness (QED) is 0.104. The summed E-state index contributed by atoms with van der Waals surface area (Å²) in [7, 11) is 1.50. The summed E-state index contributed by atoms with van der Waals surface area (Å²) in [6, 6.07) is 15.7. The molecule has 10 nitrogen and oxygen atoms in total. The molecule has 11 heteroatoms. The molecule has 5 rings (SSSR count). The smallest absolute Gasteiger partial charge is 0.261 e. The number of aliphatic hydroxyl groups is 1. The normalized spacial score (nSPS) is 15.2. The second kappa shape index (κ2) is 12.0. The lowest BCUT2D eigenvalue weighted by Crippen LogP contribution is -2.43. The Labute approximate surface area is 225 Å². The molecule has 0 aliphatic carbocycles. The number of nitrogens with zero attached hydrogens (tertiary/aromatic N) is 3. The number of anilines is 2. The van der Waals surface area contributed by atoms with Crippen molar-refractivity contribution in [2.24, 2.45) is 0 Å². The summed E-state index contributed by atoms with van der Waals surface area (Å²) in [5.41, 5.74) is 5.70. The van der Waals surface area contributed by atoms with Gasteiger partial charge >= 0.3 is 0 Å². The molecule has 1 unspecified atom stereocenters. The van der Waals surface area contributed by atoms with E-state index >= 15 is 0 Å². The number of imidazole rings is 1. The summed E-state index contributed by atoms with van der Waals surface area (Å²) < 4.78 is 7.10. The molecule has 1 aliphatic rings. The number of aromatic nitrogens is 3. The van der Waals surface area contributed by atoms with Gasteiger partial charge in [-0.05, 0) is 42.7 Å². The Morgan fingerprint density at radius 3 is 2.68 bits per heavy atom. The van der Waals surface area contributed by atoms with Crippen molar-refractivity contribution >= 4 is 34.6 Å². The molecular formula is C27H32N6O4S. The minimum atomic E-state index is -0.262. The Bertz CT molecular complexity index is 1420. The summed E-state index contributed by atoms with van der Waals surface area (Å²) in [5.74, 6) is 0.485. The van der Waals surface area contributed by atoms with E-state index in [1.54, 1.807) is 12.3 Å². The zero-order valence-corrected chi connectivity index (χ0v) is 22.3. The number of fused-ring (bicyclic) bond motifs is 1. The van der Waals surface area contributed by atoms with Gasteiger partial charge in [0.05, 0.1) is 36.5 Å². The molecule has 4 aromatic rings. The molecule has 0 spiro atoms. The third-order valence-corrected chi connectivity index (χ3v) is 7.45. The van der Waals surface area contributed by atoms with Crippen LogP contribution in [0.2, 0.25) is 0 Å². The number of nitrogens with one attached hydrogen (secondary N) is 3. The number of H-pyrrole nitrogens is 2. The molecule has 0 bridgehead atoms. The van der Waals surface area contributed by atoms with E-state index in [1.807, 2.05) is 37.3 Å². The van der Waals surface area contributed by atoms with E-state index in [1.165, 1.54) is 19.3 Å². The third-order valence-electron chi connectivity index (χ3n) is 6.67. The topological polar surface area (TPSA) is 119 Å². The number of pyridine rings is 1. The summed E-state index contributed by atoms with van der Waals surface area (Å²) >= 11 is 1.22. The number of hydrogen-bond acceptors (Lipinski definition) is 9. The van der Waals surface area contributed by atoms with E-state index in [0.29, 0.717) is 23.5 Å². The highest BCUT2D eigenvalue weighted by Crippen LogP contribution is 2.30. The summed E-state index contributed by atoms with van der Waals surface area (Å²) in [6.07, 6.45) is 2.22. The van der Waals surface area contributed by atoms with Crippen molar-refractivity contribution in [2.75, 3.05) is 50.1 Å². The van der Waals surface area contributed by atoms with Crippen molar-refractivity contribution in [1.29, 1.82) is 0 Å². The van der Waals surface area contributed by atoms with Crippen LogP contribution in [0, 0.1) is 6.92 Å². The van der Waals surface area contributed by atoms with Crippen molar-refractivity contribution in [2.45, 2.75) is 19.4 Å². The fraction of sp³-hybridized carbons (Fsp3) is 0.333. The molecule has 0 radical (unpaired) electrons. The predicted octanol–water partition coefficient (Wildman–Crippen LogP) is 3.51. The summed E-state index contributed by atoms with van der Waals surface area (Å²) in [6.45, 7) is 5.33. The fourth-order valence-corrected chi connectivity index (χ4v) is 5.24. The first-order valence-electron chi connectivity index (χ1n) is 12.6. The molecule has 2 aromatic heterocycles. The minimum Gasteiger partial charge on any atom is -0.394 e. The Morgan fingerprint density at radius 1 is 1.16 bits per heavy atom. The number of piperazine rings is 1. The van der Waals surface area contributed by atoms with Crippen molar-refractivity contribution < 1.29 is 14.3 Å². The van der Waals surface area contributed by atoms with Crippen LogP contribution >= 0.6 is 12.2 Å². The van der Waals surface area contributed by atoms with Crippen molar-refractivity contribution in [3.63, 3.8) is 0 Å². The van der Waals surface area contributed by atoms with Gasteiger partial charge in [-0.25, -0.2) is 14.2 Å². The molecule has 200 valence electrons. The van der Waals surface area contributed by atoms with Crippen LogP contribution in [0.5, 0.6) is 0 Å². The van der Waals surface area contributed by atoms with Gasteiger partial charge in [-0.1, -0.05) is 30.3 Å². The largest absolute Gasteiger partial charge is 0.394 e. The van der Waals surface area contributed by atoms with E-state index < -0.39 is 0 Å². The van der Waals surface area contributed by atoms with E-state index in [9.17, 15) is 9.90 Å². The van der Waals surface area contributed by atoms with Gasteiger partial charge in [-0.3, -0.25) is 4.79 Å². The van der Waals surface area contributed by atoms with Gasteiger partial charge in [0, 0.05) is 38.1 Å². The molecule has 1 fully saturated rings. The molecule has 0 amide bonds. The average Bonchev–Trinajstić information content (AvgIpc) is 3.37. The fourth-order valence-electron chi connectivity index (χ4n) is 4.78. The monoisotopic (exact) mass is 536 g/mol. The van der Waals surface area contributed by atoms with Gasteiger partial charge < -0.3 is 25.3 Å². The van der Waals surface area contributed by atoms with Crippen molar-refractivity contribution in [3.8, 4) is 11.4 Å². The maximum absolute atomic E-state index is 13.0. The molecule has 1 atom stereocenters. The lowest BCUT2D eigenvalue weighted by atomic mass is 10.1. The van der Waals surface area contributed by atoms with Gasteiger partial charge in [-0.15, -0.1) is 4.33 Å². The number of aromatic amines is 2. The summed E-state index contributed by atoms with van der Waals surface area (Å²) in [5, 5.41) is 13.4. The molecule has 2 aromatic carbocycles. The Morgan fingerprint density at radius 2 is 1.95 bits per heavy atom. The van der Waals surface area contributed by atoms with Crippen LogP contribution in [-0.2, 0) is 15.6 Å². The van der Waals surface area contributed by atoms with Gasteiger partial charge in [0.15, 0.2) is 0 Å². The third kappa shape index (κ3) is 5.87. The minimum absolute atomic E-state index is 0.0763. The highest BCUT2D eigenvalue weighted by Gasteiger charge is 2.21. The maximum Gasteiger partial charge on any atom is 0.261 e.